The Morgan fingerprint density at radius 3 is 2.75 bits per heavy atom. The van der Waals surface area contributed by atoms with Crippen LogP contribution in [-0.4, -0.2) is 4.57 Å². The van der Waals surface area contributed by atoms with Gasteiger partial charge >= 0.3 is 0 Å². The van der Waals surface area contributed by atoms with Crippen molar-refractivity contribution >= 4 is 0 Å². The molecule has 0 N–H and O–H groups in total. The number of benzene rings is 1. The molecule has 0 spiro atoms. The number of aryl methyl sites for hydroxylation is 1. The fourth-order valence-electron chi connectivity index (χ4n) is 2.59. The van der Waals surface area contributed by atoms with Crippen LogP contribution in [0.2, 0.25) is 0 Å². The van der Waals surface area contributed by atoms with Crippen LogP contribution in [0.15, 0.2) is 41.2 Å². The van der Waals surface area contributed by atoms with E-state index in [2.05, 4.69) is 4.57 Å². The second-order valence-corrected chi connectivity index (χ2v) is 4.84. The molecule has 2 heterocycles. The van der Waals surface area contributed by atoms with E-state index in [0.717, 1.165) is 23.5 Å². The SMILES string of the molecule is CCn1c(C)cc(=O)c2c1COC(c1ccccc1)O2. The van der Waals surface area contributed by atoms with E-state index in [4.69, 9.17) is 9.47 Å². The number of nitrogens with zero attached hydrogens (tertiary/aromatic N) is 1. The van der Waals surface area contributed by atoms with Crippen LogP contribution in [0.3, 0.4) is 0 Å². The number of fused-ring (bicyclic) bond motifs is 1. The minimum absolute atomic E-state index is 0.0774. The first kappa shape index (κ1) is 12.9. The van der Waals surface area contributed by atoms with Gasteiger partial charge in [-0.2, -0.15) is 0 Å². The highest BCUT2D eigenvalue weighted by atomic mass is 16.7. The molecule has 4 nitrogen and oxygen atoms in total. The Morgan fingerprint density at radius 1 is 1.30 bits per heavy atom. The smallest absolute Gasteiger partial charge is 0.227 e. The summed E-state index contributed by atoms with van der Waals surface area (Å²) in [7, 11) is 0. The molecule has 20 heavy (non-hydrogen) atoms. The molecule has 1 aromatic carbocycles. The van der Waals surface area contributed by atoms with Crippen molar-refractivity contribution < 1.29 is 9.47 Å². The summed E-state index contributed by atoms with van der Waals surface area (Å²) < 4.78 is 13.6. The Hall–Kier alpha value is -2.07. The Kier molecular flexibility index (Phi) is 3.32. The van der Waals surface area contributed by atoms with Crippen molar-refractivity contribution in [3.05, 3.63) is 63.6 Å². The van der Waals surface area contributed by atoms with Crippen LogP contribution in [-0.2, 0) is 17.9 Å². The topological polar surface area (TPSA) is 40.5 Å². The summed E-state index contributed by atoms with van der Waals surface area (Å²) in [5.74, 6) is 0.414. The lowest BCUT2D eigenvalue weighted by Gasteiger charge is -2.28. The molecule has 0 radical (unpaired) electrons. The maximum Gasteiger partial charge on any atom is 0.227 e. The molecule has 1 aliphatic rings. The summed E-state index contributed by atoms with van der Waals surface area (Å²) in [6.45, 7) is 5.15. The van der Waals surface area contributed by atoms with Crippen LogP contribution in [0.1, 0.15) is 30.2 Å². The number of hydrogen-bond acceptors (Lipinski definition) is 3. The van der Waals surface area contributed by atoms with E-state index in [9.17, 15) is 4.79 Å². The monoisotopic (exact) mass is 271 g/mol. The van der Waals surface area contributed by atoms with Gasteiger partial charge in [0.25, 0.3) is 0 Å². The third-order valence-electron chi connectivity index (χ3n) is 3.56. The van der Waals surface area contributed by atoms with Crippen LogP contribution in [0.4, 0.5) is 0 Å². The van der Waals surface area contributed by atoms with Gasteiger partial charge in [-0.25, -0.2) is 0 Å². The molecule has 1 aliphatic heterocycles. The first-order valence-corrected chi connectivity index (χ1v) is 6.77. The summed E-state index contributed by atoms with van der Waals surface area (Å²) in [6.07, 6.45) is -0.510. The van der Waals surface area contributed by atoms with Crippen molar-refractivity contribution in [2.45, 2.75) is 33.3 Å². The molecule has 1 aromatic heterocycles. The Morgan fingerprint density at radius 2 is 2.05 bits per heavy atom. The first-order chi connectivity index (χ1) is 9.70. The molecule has 0 bridgehead atoms. The molecule has 1 atom stereocenters. The Balaban J connectivity index is 2.02. The van der Waals surface area contributed by atoms with Crippen LogP contribution < -0.4 is 10.2 Å². The van der Waals surface area contributed by atoms with E-state index in [1.807, 2.05) is 44.2 Å². The van der Waals surface area contributed by atoms with Crippen molar-refractivity contribution in [3.8, 4) is 5.75 Å². The Labute approximate surface area is 117 Å². The van der Waals surface area contributed by atoms with E-state index in [-0.39, 0.29) is 5.43 Å². The summed E-state index contributed by atoms with van der Waals surface area (Å²) in [6, 6.07) is 11.3. The van der Waals surface area contributed by atoms with Crippen LogP contribution in [0.5, 0.6) is 5.75 Å². The Bertz CT molecular complexity index is 676. The van der Waals surface area contributed by atoms with Gasteiger partial charge in [0.05, 0.1) is 12.3 Å². The summed E-state index contributed by atoms with van der Waals surface area (Å²) >= 11 is 0. The molecule has 3 rings (SSSR count). The molecule has 0 saturated heterocycles. The number of aromatic nitrogens is 1. The molecular formula is C16H17NO3. The molecular weight excluding hydrogens is 254 g/mol. The second kappa shape index (κ2) is 5.13. The number of ether oxygens (including phenoxy) is 2. The van der Waals surface area contributed by atoms with Gasteiger partial charge in [-0.1, -0.05) is 30.3 Å². The molecule has 0 fully saturated rings. The lowest BCUT2D eigenvalue weighted by atomic mass is 10.2. The summed E-state index contributed by atoms with van der Waals surface area (Å²) in [5, 5.41) is 0. The first-order valence-electron chi connectivity index (χ1n) is 6.77. The zero-order valence-corrected chi connectivity index (χ0v) is 11.6. The third-order valence-corrected chi connectivity index (χ3v) is 3.56. The van der Waals surface area contributed by atoms with E-state index in [1.165, 1.54) is 0 Å². The largest absolute Gasteiger partial charge is 0.455 e. The van der Waals surface area contributed by atoms with E-state index >= 15 is 0 Å². The maximum atomic E-state index is 12.1. The maximum absolute atomic E-state index is 12.1. The minimum atomic E-state index is -0.510. The summed E-state index contributed by atoms with van der Waals surface area (Å²) in [5.41, 5.74) is 2.60. The zero-order valence-electron chi connectivity index (χ0n) is 11.6. The molecule has 0 aliphatic carbocycles. The van der Waals surface area contributed by atoms with Crippen LogP contribution in [0.25, 0.3) is 0 Å². The van der Waals surface area contributed by atoms with E-state index in [1.54, 1.807) is 6.07 Å². The predicted octanol–water partition coefficient (Wildman–Crippen LogP) is 2.78. The highest BCUT2D eigenvalue weighted by Crippen LogP contribution is 2.30. The zero-order chi connectivity index (χ0) is 14.1. The van der Waals surface area contributed by atoms with Gasteiger partial charge in [-0.15, -0.1) is 0 Å². The minimum Gasteiger partial charge on any atom is -0.455 e. The van der Waals surface area contributed by atoms with E-state index < -0.39 is 6.29 Å². The molecule has 4 heteroatoms. The van der Waals surface area contributed by atoms with Gasteiger partial charge < -0.3 is 14.0 Å². The van der Waals surface area contributed by atoms with Gasteiger partial charge in [-0.05, 0) is 13.8 Å². The van der Waals surface area contributed by atoms with Gasteiger partial charge in [0.15, 0.2) is 5.75 Å². The van der Waals surface area contributed by atoms with Gasteiger partial charge in [0.1, 0.15) is 0 Å². The number of pyridine rings is 1. The molecule has 1 unspecified atom stereocenters. The molecule has 104 valence electrons. The fourth-order valence-corrected chi connectivity index (χ4v) is 2.59. The van der Waals surface area contributed by atoms with Crippen LogP contribution in [0, 0.1) is 6.92 Å². The van der Waals surface area contributed by atoms with Crippen LogP contribution >= 0.6 is 0 Å². The van der Waals surface area contributed by atoms with Crippen molar-refractivity contribution in [2.75, 3.05) is 0 Å². The molecule has 0 amide bonds. The van der Waals surface area contributed by atoms with Crippen molar-refractivity contribution in [2.24, 2.45) is 0 Å². The second-order valence-electron chi connectivity index (χ2n) is 4.84. The lowest BCUT2D eigenvalue weighted by Crippen LogP contribution is -2.27. The normalized spacial score (nSPS) is 17.4. The van der Waals surface area contributed by atoms with Gasteiger partial charge in [-0.3, -0.25) is 4.79 Å². The highest BCUT2D eigenvalue weighted by Gasteiger charge is 2.26. The number of hydrogen-bond donors (Lipinski definition) is 0. The quantitative estimate of drug-likeness (QED) is 0.843. The fraction of sp³-hybridized carbons (Fsp3) is 0.312. The van der Waals surface area contributed by atoms with Gasteiger partial charge in [0.2, 0.25) is 11.7 Å². The average molecular weight is 271 g/mol. The number of rotatable bonds is 2. The standard InChI is InChI=1S/C16H17NO3/c1-3-17-11(2)9-14(18)15-13(17)10-19-16(20-15)12-7-5-4-6-8-12/h4-9,16H,3,10H2,1-2H3. The van der Waals surface area contributed by atoms with Crippen molar-refractivity contribution in [1.29, 1.82) is 0 Å². The molecule has 0 saturated carbocycles. The van der Waals surface area contributed by atoms with Crippen molar-refractivity contribution in [1.82, 2.24) is 4.57 Å². The highest BCUT2D eigenvalue weighted by molar-refractivity contribution is 5.33. The lowest BCUT2D eigenvalue weighted by molar-refractivity contribution is -0.115. The summed E-state index contributed by atoms with van der Waals surface area (Å²) in [4.78, 5) is 12.1. The van der Waals surface area contributed by atoms with Gasteiger partial charge in [0, 0.05) is 23.9 Å². The average Bonchev–Trinajstić information content (AvgIpc) is 2.48. The van der Waals surface area contributed by atoms with Crippen molar-refractivity contribution in [3.63, 3.8) is 0 Å². The third kappa shape index (κ3) is 2.12. The molecule has 2 aromatic rings. The predicted molar refractivity (Wildman–Crippen MR) is 75.7 cm³/mol. The van der Waals surface area contributed by atoms with E-state index in [0.29, 0.717) is 12.4 Å².